The first kappa shape index (κ1) is 9.48. The molecule has 2 aromatic rings. The van der Waals surface area contributed by atoms with Gasteiger partial charge in [-0.05, 0) is 11.4 Å². The molecule has 1 N–H and O–H groups in total. The summed E-state index contributed by atoms with van der Waals surface area (Å²) in [7, 11) is 0. The molecule has 5 heteroatoms. The van der Waals surface area contributed by atoms with Crippen LogP contribution in [0.1, 0.15) is 0 Å². The van der Waals surface area contributed by atoms with Crippen molar-refractivity contribution in [3.63, 3.8) is 0 Å². The molecule has 0 saturated heterocycles. The van der Waals surface area contributed by atoms with Crippen molar-refractivity contribution >= 4 is 33.3 Å². The lowest BCUT2D eigenvalue weighted by Gasteiger charge is -1.96. The highest BCUT2D eigenvalue weighted by Gasteiger charge is 2.03. The van der Waals surface area contributed by atoms with Crippen molar-refractivity contribution in [3.8, 4) is 0 Å². The summed E-state index contributed by atoms with van der Waals surface area (Å²) in [5.41, 5.74) is -0.0668. The highest BCUT2D eigenvalue weighted by molar-refractivity contribution is 7.99. The van der Waals surface area contributed by atoms with E-state index in [9.17, 15) is 4.79 Å². The molecule has 0 aliphatic carbocycles. The summed E-state index contributed by atoms with van der Waals surface area (Å²) < 4.78 is 0. The van der Waals surface area contributed by atoms with E-state index in [1.165, 1.54) is 23.1 Å². The number of nitrogens with zero attached hydrogens (tertiary/aromatic N) is 1. The molecule has 0 aliphatic heterocycles. The molecule has 14 heavy (non-hydrogen) atoms. The standard InChI is InChI=1S/C9H8N2OS2/c1-2-4-14-9-10-7(12)6-3-5-13-8(6)11-9/h2-3,5H,1,4H2,(H,10,11,12). The van der Waals surface area contributed by atoms with Gasteiger partial charge in [-0.1, -0.05) is 17.8 Å². The van der Waals surface area contributed by atoms with Crippen LogP contribution in [0, 0.1) is 0 Å². The van der Waals surface area contributed by atoms with Gasteiger partial charge in [0.2, 0.25) is 0 Å². The minimum Gasteiger partial charge on any atom is -0.301 e. The Morgan fingerprint density at radius 2 is 2.57 bits per heavy atom. The number of H-pyrrole nitrogens is 1. The van der Waals surface area contributed by atoms with Crippen LogP contribution in [0.4, 0.5) is 0 Å². The quantitative estimate of drug-likeness (QED) is 0.494. The molecule has 0 aromatic carbocycles. The van der Waals surface area contributed by atoms with E-state index in [4.69, 9.17) is 0 Å². The van der Waals surface area contributed by atoms with Crippen LogP contribution in [0.2, 0.25) is 0 Å². The summed E-state index contributed by atoms with van der Waals surface area (Å²) in [5.74, 6) is 0.750. The van der Waals surface area contributed by atoms with Crippen molar-refractivity contribution in [3.05, 3.63) is 34.5 Å². The maximum atomic E-state index is 11.5. The monoisotopic (exact) mass is 224 g/mol. The van der Waals surface area contributed by atoms with Crippen molar-refractivity contribution in [2.24, 2.45) is 0 Å². The van der Waals surface area contributed by atoms with Crippen LogP contribution >= 0.6 is 23.1 Å². The summed E-state index contributed by atoms with van der Waals surface area (Å²) in [6.07, 6.45) is 1.78. The highest BCUT2D eigenvalue weighted by Crippen LogP contribution is 2.18. The predicted molar refractivity (Wildman–Crippen MR) is 61.2 cm³/mol. The number of hydrogen-bond acceptors (Lipinski definition) is 4. The molecular formula is C9H8N2OS2. The molecule has 0 bridgehead atoms. The summed E-state index contributed by atoms with van der Waals surface area (Å²) in [5, 5.41) is 3.19. The van der Waals surface area contributed by atoms with E-state index in [2.05, 4.69) is 16.5 Å². The third kappa shape index (κ3) is 1.73. The fourth-order valence-electron chi connectivity index (χ4n) is 1.05. The first-order valence-electron chi connectivity index (χ1n) is 4.02. The third-order valence-electron chi connectivity index (χ3n) is 1.65. The Hall–Kier alpha value is -1.07. The van der Waals surface area contributed by atoms with Gasteiger partial charge in [0.25, 0.3) is 5.56 Å². The summed E-state index contributed by atoms with van der Waals surface area (Å²) in [6.45, 7) is 3.61. The van der Waals surface area contributed by atoms with Gasteiger partial charge in [-0.15, -0.1) is 17.9 Å². The van der Waals surface area contributed by atoms with E-state index in [-0.39, 0.29) is 5.56 Å². The van der Waals surface area contributed by atoms with Crippen LogP contribution in [-0.4, -0.2) is 15.7 Å². The number of rotatable bonds is 3. The number of aromatic nitrogens is 2. The molecule has 0 radical (unpaired) electrons. The van der Waals surface area contributed by atoms with Gasteiger partial charge in [0.05, 0.1) is 5.39 Å². The van der Waals surface area contributed by atoms with E-state index in [1.54, 1.807) is 12.1 Å². The second-order valence-electron chi connectivity index (χ2n) is 2.61. The molecule has 3 nitrogen and oxygen atoms in total. The molecular weight excluding hydrogens is 216 g/mol. The number of thioether (sulfide) groups is 1. The topological polar surface area (TPSA) is 45.8 Å². The highest BCUT2D eigenvalue weighted by atomic mass is 32.2. The lowest BCUT2D eigenvalue weighted by Crippen LogP contribution is -2.07. The number of nitrogens with one attached hydrogen (secondary N) is 1. The summed E-state index contributed by atoms with van der Waals surface area (Å²) >= 11 is 2.95. The Kier molecular flexibility index (Phi) is 2.69. The Bertz CT molecular complexity index is 515. The molecule has 2 aromatic heterocycles. The number of thiophene rings is 1. The average molecular weight is 224 g/mol. The minimum absolute atomic E-state index is 0.0668. The average Bonchev–Trinajstić information content (AvgIpc) is 2.63. The molecule has 0 aliphatic rings. The number of fused-ring (bicyclic) bond motifs is 1. The molecule has 2 heterocycles. The van der Waals surface area contributed by atoms with Crippen molar-refractivity contribution in [1.82, 2.24) is 9.97 Å². The van der Waals surface area contributed by atoms with E-state index in [0.29, 0.717) is 10.5 Å². The van der Waals surface area contributed by atoms with Gasteiger partial charge in [0, 0.05) is 5.75 Å². The molecule has 0 fully saturated rings. The molecule has 72 valence electrons. The smallest absolute Gasteiger partial charge is 0.260 e. The Morgan fingerprint density at radius 1 is 1.71 bits per heavy atom. The lowest BCUT2D eigenvalue weighted by molar-refractivity contribution is 0.982. The Balaban J connectivity index is 2.47. The van der Waals surface area contributed by atoms with Gasteiger partial charge < -0.3 is 4.98 Å². The fourth-order valence-corrected chi connectivity index (χ4v) is 2.47. The van der Waals surface area contributed by atoms with Gasteiger partial charge >= 0.3 is 0 Å². The predicted octanol–water partition coefficient (Wildman–Crippen LogP) is 2.26. The first-order valence-corrected chi connectivity index (χ1v) is 5.89. The molecule has 0 unspecified atom stereocenters. The molecule has 0 spiro atoms. The Labute approximate surface area is 88.9 Å². The van der Waals surface area contributed by atoms with E-state index in [0.717, 1.165) is 10.6 Å². The lowest BCUT2D eigenvalue weighted by atomic mass is 10.4. The first-order chi connectivity index (χ1) is 6.81. The molecule has 0 amide bonds. The van der Waals surface area contributed by atoms with Crippen LogP contribution in [0.15, 0.2) is 34.1 Å². The van der Waals surface area contributed by atoms with Gasteiger partial charge in [-0.2, -0.15) is 0 Å². The second kappa shape index (κ2) is 3.98. The van der Waals surface area contributed by atoms with Crippen LogP contribution in [0.3, 0.4) is 0 Å². The van der Waals surface area contributed by atoms with Gasteiger partial charge in [-0.3, -0.25) is 4.79 Å². The van der Waals surface area contributed by atoms with Gasteiger partial charge in [-0.25, -0.2) is 4.98 Å². The molecule has 0 atom stereocenters. The van der Waals surface area contributed by atoms with Gasteiger partial charge in [0.1, 0.15) is 4.83 Å². The molecule has 0 saturated carbocycles. The van der Waals surface area contributed by atoms with Crippen LogP contribution < -0.4 is 5.56 Å². The van der Waals surface area contributed by atoms with Gasteiger partial charge in [0.15, 0.2) is 5.16 Å². The van der Waals surface area contributed by atoms with E-state index in [1.807, 2.05) is 5.38 Å². The van der Waals surface area contributed by atoms with Crippen LogP contribution in [-0.2, 0) is 0 Å². The van der Waals surface area contributed by atoms with Crippen molar-refractivity contribution < 1.29 is 0 Å². The maximum Gasteiger partial charge on any atom is 0.260 e. The van der Waals surface area contributed by atoms with E-state index >= 15 is 0 Å². The summed E-state index contributed by atoms with van der Waals surface area (Å²) in [6, 6.07) is 1.79. The second-order valence-corrected chi connectivity index (χ2v) is 4.51. The number of hydrogen-bond donors (Lipinski definition) is 1. The maximum absolute atomic E-state index is 11.5. The van der Waals surface area contributed by atoms with Crippen molar-refractivity contribution in [2.75, 3.05) is 5.75 Å². The van der Waals surface area contributed by atoms with Crippen molar-refractivity contribution in [1.29, 1.82) is 0 Å². The minimum atomic E-state index is -0.0668. The zero-order valence-electron chi connectivity index (χ0n) is 7.32. The van der Waals surface area contributed by atoms with Crippen LogP contribution in [0.5, 0.6) is 0 Å². The zero-order valence-corrected chi connectivity index (χ0v) is 8.95. The summed E-state index contributed by atoms with van der Waals surface area (Å²) in [4.78, 5) is 19.3. The SMILES string of the molecule is C=CCSc1nc2sccc2c(=O)[nH]1. The third-order valence-corrected chi connectivity index (χ3v) is 3.33. The Morgan fingerprint density at radius 3 is 3.36 bits per heavy atom. The largest absolute Gasteiger partial charge is 0.301 e. The van der Waals surface area contributed by atoms with Crippen LogP contribution in [0.25, 0.3) is 10.2 Å². The molecule has 2 rings (SSSR count). The van der Waals surface area contributed by atoms with Crippen molar-refractivity contribution in [2.45, 2.75) is 5.16 Å². The van der Waals surface area contributed by atoms with E-state index < -0.39 is 0 Å². The fraction of sp³-hybridized carbons (Fsp3) is 0.111. The number of aromatic amines is 1. The zero-order chi connectivity index (χ0) is 9.97. The normalized spacial score (nSPS) is 10.6.